The molecule has 100 valence electrons. The molecule has 1 aromatic heterocycles. The average Bonchev–Trinajstić information content (AvgIpc) is 2.46. The zero-order valence-electron chi connectivity index (χ0n) is 11.5. The molecule has 0 atom stereocenters. The second-order valence-corrected chi connectivity index (χ2v) is 5.18. The van der Waals surface area contributed by atoms with E-state index in [2.05, 4.69) is 23.8 Å². The van der Waals surface area contributed by atoms with Gasteiger partial charge in [0.2, 0.25) is 0 Å². The van der Waals surface area contributed by atoms with Crippen LogP contribution in [-0.4, -0.2) is 15.1 Å². The van der Waals surface area contributed by atoms with E-state index in [1.54, 1.807) is 6.07 Å². The van der Waals surface area contributed by atoms with Crippen LogP contribution in [0.4, 0.5) is 0 Å². The number of para-hydroxylation sites is 1. The second kappa shape index (κ2) is 4.93. The Hall–Kier alpha value is -2.42. The van der Waals surface area contributed by atoms with Crippen molar-refractivity contribution in [3.8, 4) is 17.1 Å². The van der Waals surface area contributed by atoms with Crippen molar-refractivity contribution in [1.82, 2.24) is 9.97 Å². The van der Waals surface area contributed by atoms with Gasteiger partial charge in [-0.1, -0.05) is 44.2 Å². The third-order valence-electron chi connectivity index (χ3n) is 3.40. The second-order valence-electron chi connectivity index (χ2n) is 5.18. The number of aromatic hydroxyl groups is 1. The highest BCUT2D eigenvalue weighted by atomic mass is 16.3. The Kier molecular flexibility index (Phi) is 3.11. The fraction of sp³-hybridized carbons (Fsp3) is 0.176. The Bertz CT molecular complexity index is 766. The highest BCUT2D eigenvalue weighted by Gasteiger charge is 2.09. The minimum Gasteiger partial charge on any atom is -0.508 e. The van der Waals surface area contributed by atoms with Crippen LogP contribution in [0.3, 0.4) is 0 Å². The minimum atomic E-state index is 0.293. The molecule has 0 saturated heterocycles. The van der Waals surface area contributed by atoms with Crippen molar-refractivity contribution in [3.05, 3.63) is 54.2 Å². The van der Waals surface area contributed by atoms with E-state index in [1.165, 1.54) is 0 Å². The van der Waals surface area contributed by atoms with Crippen LogP contribution < -0.4 is 0 Å². The predicted molar refractivity (Wildman–Crippen MR) is 80.7 cm³/mol. The first kappa shape index (κ1) is 12.6. The van der Waals surface area contributed by atoms with E-state index in [0.717, 1.165) is 22.0 Å². The summed E-state index contributed by atoms with van der Waals surface area (Å²) in [6.07, 6.45) is 1.81. The number of aromatic nitrogens is 2. The molecule has 0 aliphatic heterocycles. The molecule has 1 N–H and O–H groups in total. The summed E-state index contributed by atoms with van der Waals surface area (Å²) in [6.45, 7) is 4.11. The van der Waals surface area contributed by atoms with Crippen LogP contribution in [-0.2, 0) is 0 Å². The Morgan fingerprint density at radius 3 is 2.60 bits per heavy atom. The molecule has 1 heterocycles. The quantitative estimate of drug-likeness (QED) is 0.757. The van der Waals surface area contributed by atoms with Crippen LogP contribution in [0.15, 0.2) is 48.7 Å². The first-order valence-electron chi connectivity index (χ1n) is 6.70. The first-order chi connectivity index (χ1) is 9.65. The van der Waals surface area contributed by atoms with E-state index in [-0.39, 0.29) is 0 Å². The fourth-order valence-corrected chi connectivity index (χ4v) is 2.28. The number of hydrogen-bond donors (Lipinski definition) is 1. The number of benzene rings is 2. The standard InChI is InChI=1S/C17H16N2O/c1-11(2)14-8-7-12(9-16(14)20)17-18-10-13-5-3-4-6-15(13)19-17/h3-11,20H,1-2H3. The minimum absolute atomic E-state index is 0.293. The van der Waals surface area contributed by atoms with Crippen LogP contribution >= 0.6 is 0 Å². The number of rotatable bonds is 2. The molecule has 0 aliphatic rings. The normalized spacial score (nSPS) is 11.2. The van der Waals surface area contributed by atoms with Gasteiger partial charge in [-0.3, -0.25) is 0 Å². The summed E-state index contributed by atoms with van der Waals surface area (Å²) in [4.78, 5) is 8.91. The summed E-state index contributed by atoms with van der Waals surface area (Å²) in [6, 6.07) is 13.5. The molecule has 0 amide bonds. The van der Waals surface area contributed by atoms with Crippen LogP contribution in [0.2, 0.25) is 0 Å². The molecule has 0 unspecified atom stereocenters. The zero-order valence-corrected chi connectivity index (χ0v) is 11.5. The molecule has 3 heteroatoms. The van der Waals surface area contributed by atoms with Gasteiger partial charge in [-0.15, -0.1) is 0 Å². The number of phenolic OH excluding ortho intramolecular Hbond substituents is 1. The topological polar surface area (TPSA) is 46.0 Å². The maximum atomic E-state index is 10.1. The summed E-state index contributed by atoms with van der Waals surface area (Å²) in [5.74, 6) is 1.23. The number of fused-ring (bicyclic) bond motifs is 1. The molecule has 3 nitrogen and oxygen atoms in total. The largest absolute Gasteiger partial charge is 0.508 e. The summed E-state index contributed by atoms with van der Waals surface area (Å²) >= 11 is 0. The van der Waals surface area contributed by atoms with Gasteiger partial charge in [0.05, 0.1) is 5.52 Å². The van der Waals surface area contributed by atoms with E-state index in [9.17, 15) is 5.11 Å². The first-order valence-corrected chi connectivity index (χ1v) is 6.70. The summed E-state index contributed by atoms with van der Waals surface area (Å²) in [7, 11) is 0. The maximum Gasteiger partial charge on any atom is 0.159 e. The van der Waals surface area contributed by atoms with Gasteiger partial charge < -0.3 is 5.11 Å². The van der Waals surface area contributed by atoms with Crippen molar-refractivity contribution < 1.29 is 5.11 Å². The van der Waals surface area contributed by atoms with Crippen molar-refractivity contribution in [2.45, 2.75) is 19.8 Å². The van der Waals surface area contributed by atoms with Gasteiger partial charge in [0.25, 0.3) is 0 Å². The molecular weight excluding hydrogens is 248 g/mol. The SMILES string of the molecule is CC(C)c1ccc(-c2ncc3ccccc3n2)cc1O. The van der Waals surface area contributed by atoms with Crippen LogP contribution in [0.25, 0.3) is 22.3 Å². The molecule has 0 saturated carbocycles. The van der Waals surface area contributed by atoms with Crippen LogP contribution in [0, 0.1) is 0 Å². The van der Waals surface area contributed by atoms with Crippen LogP contribution in [0.5, 0.6) is 5.75 Å². The molecule has 0 spiro atoms. The van der Waals surface area contributed by atoms with Gasteiger partial charge in [0.1, 0.15) is 5.75 Å². The van der Waals surface area contributed by atoms with Gasteiger partial charge in [-0.25, -0.2) is 9.97 Å². The molecule has 0 aliphatic carbocycles. The number of nitrogens with zero attached hydrogens (tertiary/aromatic N) is 2. The fourth-order valence-electron chi connectivity index (χ4n) is 2.28. The smallest absolute Gasteiger partial charge is 0.159 e. The molecule has 20 heavy (non-hydrogen) atoms. The van der Waals surface area contributed by atoms with Gasteiger partial charge in [0.15, 0.2) is 5.82 Å². The molecule has 0 bridgehead atoms. The van der Waals surface area contributed by atoms with Crippen molar-refractivity contribution in [1.29, 1.82) is 0 Å². The van der Waals surface area contributed by atoms with Crippen molar-refractivity contribution in [2.75, 3.05) is 0 Å². The molecule has 3 aromatic rings. The number of phenols is 1. The summed E-state index contributed by atoms with van der Waals surface area (Å²) < 4.78 is 0. The molecule has 0 fully saturated rings. The van der Waals surface area contributed by atoms with E-state index >= 15 is 0 Å². The van der Waals surface area contributed by atoms with E-state index in [4.69, 9.17) is 0 Å². The van der Waals surface area contributed by atoms with Crippen molar-refractivity contribution in [3.63, 3.8) is 0 Å². The molecular formula is C17H16N2O. The lowest BCUT2D eigenvalue weighted by Crippen LogP contribution is -1.92. The average molecular weight is 264 g/mol. The Morgan fingerprint density at radius 2 is 1.85 bits per heavy atom. The lowest BCUT2D eigenvalue weighted by Gasteiger charge is -2.09. The molecule has 2 aromatic carbocycles. The summed E-state index contributed by atoms with van der Waals surface area (Å²) in [5, 5.41) is 11.1. The molecule has 0 radical (unpaired) electrons. The van der Waals surface area contributed by atoms with Gasteiger partial charge >= 0.3 is 0 Å². The summed E-state index contributed by atoms with van der Waals surface area (Å²) in [5.41, 5.74) is 2.68. The predicted octanol–water partition coefficient (Wildman–Crippen LogP) is 4.13. The third kappa shape index (κ3) is 2.23. The Labute approximate surface area is 117 Å². The Balaban J connectivity index is 2.08. The van der Waals surface area contributed by atoms with Crippen LogP contribution in [0.1, 0.15) is 25.3 Å². The highest BCUT2D eigenvalue weighted by molar-refractivity contribution is 5.79. The van der Waals surface area contributed by atoms with Gasteiger partial charge in [0, 0.05) is 17.1 Å². The van der Waals surface area contributed by atoms with E-state index in [1.807, 2.05) is 42.6 Å². The maximum absolute atomic E-state index is 10.1. The van der Waals surface area contributed by atoms with Crippen molar-refractivity contribution in [2.24, 2.45) is 0 Å². The van der Waals surface area contributed by atoms with Gasteiger partial charge in [-0.2, -0.15) is 0 Å². The number of hydrogen-bond acceptors (Lipinski definition) is 3. The lowest BCUT2D eigenvalue weighted by atomic mass is 10.00. The lowest BCUT2D eigenvalue weighted by molar-refractivity contribution is 0.465. The van der Waals surface area contributed by atoms with Crippen molar-refractivity contribution >= 4 is 10.9 Å². The Morgan fingerprint density at radius 1 is 1.05 bits per heavy atom. The van der Waals surface area contributed by atoms with E-state index in [0.29, 0.717) is 17.5 Å². The highest BCUT2D eigenvalue weighted by Crippen LogP contribution is 2.29. The zero-order chi connectivity index (χ0) is 14.1. The molecule has 3 rings (SSSR count). The monoisotopic (exact) mass is 264 g/mol. The van der Waals surface area contributed by atoms with Gasteiger partial charge in [-0.05, 0) is 23.6 Å². The van der Waals surface area contributed by atoms with E-state index < -0.39 is 0 Å². The third-order valence-corrected chi connectivity index (χ3v) is 3.40.